The summed E-state index contributed by atoms with van der Waals surface area (Å²) in [6.45, 7) is 0. The molecule has 6 nitrogen and oxygen atoms in total. The summed E-state index contributed by atoms with van der Waals surface area (Å²) >= 11 is 6.00. The molecular weight excluding hydrogens is 371 g/mol. The van der Waals surface area contributed by atoms with Crippen LogP contribution in [-0.4, -0.2) is 22.0 Å². The van der Waals surface area contributed by atoms with Crippen LogP contribution < -0.4 is 11.1 Å². The lowest BCUT2D eigenvalue weighted by Crippen LogP contribution is -2.32. The van der Waals surface area contributed by atoms with Crippen molar-refractivity contribution in [1.29, 1.82) is 0 Å². The van der Waals surface area contributed by atoms with Crippen molar-refractivity contribution in [1.82, 2.24) is 15.5 Å². The fraction of sp³-hybridized carbons (Fsp3) is 0.105. The van der Waals surface area contributed by atoms with Gasteiger partial charge in [-0.25, -0.2) is 4.39 Å². The normalized spacial score (nSPS) is 11.8. The molecule has 0 fully saturated rings. The number of nitrogens with two attached hydrogens (primary N) is 1. The highest BCUT2D eigenvalue weighted by atomic mass is 35.5. The van der Waals surface area contributed by atoms with Gasteiger partial charge in [-0.2, -0.15) is 5.10 Å². The van der Waals surface area contributed by atoms with Crippen LogP contribution in [0.4, 0.5) is 4.39 Å². The summed E-state index contributed by atoms with van der Waals surface area (Å²) in [5.41, 5.74) is 6.55. The first-order chi connectivity index (χ1) is 13.0. The van der Waals surface area contributed by atoms with Crippen LogP contribution >= 0.6 is 11.6 Å². The van der Waals surface area contributed by atoms with E-state index in [0.29, 0.717) is 10.6 Å². The van der Waals surface area contributed by atoms with E-state index in [1.165, 1.54) is 18.3 Å². The third-order valence-electron chi connectivity index (χ3n) is 3.99. The smallest absolute Gasteiger partial charge is 0.255 e. The number of hydrogen-bond donors (Lipinski definition) is 3. The molecule has 0 aliphatic rings. The number of aromatic amines is 1. The summed E-state index contributed by atoms with van der Waals surface area (Å²) in [7, 11) is 0. The van der Waals surface area contributed by atoms with E-state index in [-0.39, 0.29) is 23.2 Å². The van der Waals surface area contributed by atoms with Gasteiger partial charge in [0.25, 0.3) is 5.91 Å². The minimum atomic E-state index is -0.683. The maximum atomic E-state index is 14.1. The molecule has 1 heterocycles. The maximum absolute atomic E-state index is 14.1. The Morgan fingerprint density at radius 3 is 2.70 bits per heavy atom. The second-order valence-corrected chi connectivity index (χ2v) is 6.33. The summed E-state index contributed by atoms with van der Waals surface area (Å²) in [5.74, 6) is -1.59. The van der Waals surface area contributed by atoms with Gasteiger partial charge in [0.05, 0.1) is 29.9 Å². The molecule has 2 amide bonds. The Hall–Kier alpha value is -3.19. The van der Waals surface area contributed by atoms with Crippen molar-refractivity contribution in [2.75, 3.05) is 0 Å². The Labute approximate surface area is 159 Å². The molecule has 138 valence electrons. The van der Waals surface area contributed by atoms with Crippen LogP contribution in [0.2, 0.25) is 5.02 Å². The zero-order valence-corrected chi connectivity index (χ0v) is 14.8. The number of H-pyrrole nitrogens is 1. The number of aromatic nitrogens is 2. The summed E-state index contributed by atoms with van der Waals surface area (Å²) in [6.07, 6.45) is 1.19. The largest absolute Gasteiger partial charge is 0.370 e. The highest BCUT2D eigenvalue weighted by molar-refractivity contribution is 6.30. The molecule has 0 aliphatic carbocycles. The molecular formula is C19H16ClFN4O2. The predicted octanol–water partition coefficient (Wildman–Crippen LogP) is 3.22. The maximum Gasteiger partial charge on any atom is 0.255 e. The molecule has 0 radical (unpaired) electrons. The molecule has 0 spiro atoms. The van der Waals surface area contributed by atoms with Crippen molar-refractivity contribution in [3.05, 3.63) is 76.7 Å². The lowest BCUT2D eigenvalue weighted by molar-refractivity contribution is -0.118. The number of nitrogens with zero attached hydrogens (tertiary/aromatic N) is 1. The van der Waals surface area contributed by atoms with Crippen molar-refractivity contribution < 1.29 is 14.0 Å². The highest BCUT2D eigenvalue weighted by Gasteiger charge is 2.22. The molecule has 0 aliphatic heterocycles. The van der Waals surface area contributed by atoms with E-state index in [1.807, 2.05) is 0 Å². The lowest BCUT2D eigenvalue weighted by atomic mass is 10.0. The van der Waals surface area contributed by atoms with Gasteiger partial charge < -0.3 is 11.1 Å². The molecule has 27 heavy (non-hydrogen) atoms. The fourth-order valence-corrected chi connectivity index (χ4v) is 2.94. The molecule has 0 saturated heterocycles. The number of benzene rings is 2. The molecule has 3 rings (SSSR count). The van der Waals surface area contributed by atoms with Gasteiger partial charge in [-0.1, -0.05) is 35.9 Å². The topological polar surface area (TPSA) is 101 Å². The SMILES string of the molecule is NC(=O)CC(NC(=O)c1cn[nH]c1-c1ccccc1F)c1cccc(Cl)c1. The Kier molecular flexibility index (Phi) is 5.52. The highest BCUT2D eigenvalue weighted by Crippen LogP contribution is 2.26. The number of carbonyl (C=O) groups is 2. The van der Waals surface area contributed by atoms with Crippen molar-refractivity contribution in [2.45, 2.75) is 12.5 Å². The summed E-state index contributed by atoms with van der Waals surface area (Å²) < 4.78 is 14.1. The summed E-state index contributed by atoms with van der Waals surface area (Å²) in [5, 5.41) is 9.70. The van der Waals surface area contributed by atoms with Gasteiger partial charge in [0.1, 0.15) is 5.82 Å². The number of primary amides is 1. The standard InChI is InChI=1S/C19H16ClFN4O2/c20-12-5-3-4-11(8-12)16(9-17(22)26)24-19(27)14-10-23-25-18(14)13-6-1-2-7-15(13)21/h1-8,10,16H,9H2,(H2,22,26)(H,23,25)(H,24,27). The van der Waals surface area contributed by atoms with Crippen LogP contribution in [0.1, 0.15) is 28.4 Å². The quantitative estimate of drug-likeness (QED) is 0.606. The summed E-state index contributed by atoms with van der Waals surface area (Å²) in [6, 6.07) is 12.1. The van der Waals surface area contributed by atoms with Gasteiger partial charge in [-0.3, -0.25) is 14.7 Å². The third kappa shape index (κ3) is 4.32. The van der Waals surface area contributed by atoms with Crippen molar-refractivity contribution in [3.63, 3.8) is 0 Å². The fourth-order valence-electron chi connectivity index (χ4n) is 2.74. The van der Waals surface area contributed by atoms with E-state index >= 15 is 0 Å². The lowest BCUT2D eigenvalue weighted by Gasteiger charge is -2.18. The minimum Gasteiger partial charge on any atom is -0.370 e. The van der Waals surface area contributed by atoms with Gasteiger partial charge in [0.2, 0.25) is 5.91 Å². The van der Waals surface area contributed by atoms with Crippen LogP contribution in [0.15, 0.2) is 54.7 Å². The van der Waals surface area contributed by atoms with Gasteiger partial charge >= 0.3 is 0 Å². The van der Waals surface area contributed by atoms with Crippen molar-refractivity contribution in [3.8, 4) is 11.3 Å². The van der Waals surface area contributed by atoms with Crippen LogP contribution in [-0.2, 0) is 4.79 Å². The molecule has 1 atom stereocenters. The molecule has 1 unspecified atom stereocenters. The number of hydrogen-bond acceptors (Lipinski definition) is 3. The average molecular weight is 387 g/mol. The molecule has 3 aromatic rings. The van der Waals surface area contributed by atoms with Gasteiger partial charge in [0.15, 0.2) is 0 Å². The molecule has 0 bridgehead atoms. The number of amides is 2. The average Bonchev–Trinajstić information content (AvgIpc) is 3.11. The van der Waals surface area contributed by atoms with Crippen LogP contribution in [0, 0.1) is 5.82 Å². The van der Waals surface area contributed by atoms with E-state index in [4.69, 9.17) is 17.3 Å². The Morgan fingerprint density at radius 2 is 2.00 bits per heavy atom. The predicted molar refractivity (Wildman–Crippen MR) is 99.5 cm³/mol. The molecule has 0 saturated carbocycles. The van der Waals surface area contributed by atoms with Crippen molar-refractivity contribution >= 4 is 23.4 Å². The molecule has 1 aromatic heterocycles. The first-order valence-electron chi connectivity index (χ1n) is 8.08. The van der Waals surface area contributed by atoms with Crippen molar-refractivity contribution in [2.24, 2.45) is 5.73 Å². The number of rotatable bonds is 6. The second-order valence-electron chi connectivity index (χ2n) is 5.89. The van der Waals surface area contributed by atoms with Crippen LogP contribution in [0.5, 0.6) is 0 Å². The number of carbonyl (C=O) groups excluding carboxylic acids is 2. The van der Waals surface area contributed by atoms with E-state index in [0.717, 1.165) is 0 Å². The Morgan fingerprint density at radius 1 is 1.22 bits per heavy atom. The second kappa shape index (κ2) is 8.01. The van der Waals surface area contributed by atoms with Crippen LogP contribution in [0.3, 0.4) is 0 Å². The third-order valence-corrected chi connectivity index (χ3v) is 4.22. The number of halogens is 2. The molecule has 2 aromatic carbocycles. The number of nitrogens with one attached hydrogen (secondary N) is 2. The Balaban J connectivity index is 1.90. The van der Waals surface area contributed by atoms with Gasteiger partial charge in [0, 0.05) is 10.6 Å². The first kappa shape index (κ1) is 18.6. The molecule has 4 N–H and O–H groups in total. The minimum absolute atomic E-state index is 0.112. The van der Waals surface area contributed by atoms with E-state index in [9.17, 15) is 14.0 Å². The van der Waals surface area contributed by atoms with E-state index in [2.05, 4.69) is 15.5 Å². The summed E-state index contributed by atoms with van der Waals surface area (Å²) in [4.78, 5) is 24.2. The zero-order valence-electron chi connectivity index (χ0n) is 14.1. The van der Waals surface area contributed by atoms with E-state index < -0.39 is 23.7 Å². The zero-order chi connectivity index (χ0) is 19.4. The Bertz CT molecular complexity index is 989. The van der Waals surface area contributed by atoms with Gasteiger partial charge in [-0.15, -0.1) is 0 Å². The first-order valence-corrected chi connectivity index (χ1v) is 8.46. The van der Waals surface area contributed by atoms with Crippen LogP contribution in [0.25, 0.3) is 11.3 Å². The van der Waals surface area contributed by atoms with E-state index in [1.54, 1.807) is 36.4 Å². The monoisotopic (exact) mass is 386 g/mol. The van der Waals surface area contributed by atoms with Gasteiger partial charge in [-0.05, 0) is 29.8 Å². The molecule has 8 heteroatoms.